The summed E-state index contributed by atoms with van der Waals surface area (Å²) >= 11 is 5.85. The summed E-state index contributed by atoms with van der Waals surface area (Å²) in [6.45, 7) is 3.09. The summed E-state index contributed by atoms with van der Waals surface area (Å²) < 4.78 is 0.824. The van der Waals surface area contributed by atoms with Crippen LogP contribution in [0.25, 0.3) is 0 Å². The van der Waals surface area contributed by atoms with Gasteiger partial charge in [-0.2, -0.15) is 0 Å². The van der Waals surface area contributed by atoms with Crippen LogP contribution in [0.5, 0.6) is 0 Å². The van der Waals surface area contributed by atoms with Gasteiger partial charge in [0.05, 0.1) is 14.1 Å². The molecule has 0 aliphatic carbocycles. The standard InChI is InChI=1S/C11H17ClN.BrH/c1-10-4-6-11(7-5-10)8-13(2,3)9-12;/h4-7H,8-9H2,1-3H3;1H/q+1;/p-1. The molecule has 0 aliphatic heterocycles. The largest absolute Gasteiger partial charge is 1.00 e. The Kier molecular flexibility index (Phi) is 5.72. The van der Waals surface area contributed by atoms with E-state index in [1.165, 1.54) is 11.1 Å². The van der Waals surface area contributed by atoms with Crippen molar-refractivity contribution in [3.05, 3.63) is 35.4 Å². The molecule has 0 atom stereocenters. The smallest absolute Gasteiger partial charge is 0.154 e. The highest BCUT2D eigenvalue weighted by molar-refractivity contribution is 6.16. The molecule has 1 aromatic carbocycles. The number of benzene rings is 1. The molecule has 0 radical (unpaired) electrons. The van der Waals surface area contributed by atoms with E-state index >= 15 is 0 Å². The lowest BCUT2D eigenvalue weighted by molar-refractivity contribution is -0.892. The van der Waals surface area contributed by atoms with E-state index < -0.39 is 0 Å². The molecule has 1 rings (SSSR count). The maximum absolute atomic E-state index is 5.85. The van der Waals surface area contributed by atoms with Crippen LogP contribution >= 0.6 is 11.6 Å². The third kappa shape index (κ3) is 4.45. The first kappa shape index (κ1) is 13.9. The van der Waals surface area contributed by atoms with E-state index in [-0.39, 0.29) is 17.0 Å². The summed E-state index contributed by atoms with van der Waals surface area (Å²) in [4.78, 5) is 0. The Bertz CT molecular complexity index is 269. The first-order chi connectivity index (χ1) is 6.03. The zero-order valence-electron chi connectivity index (χ0n) is 8.93. The van der Waals surface area contributed by atoms with E-state index in [1.54, 1.807) is 0 Å². The van der Waals surface area contributed by atoms with Gasteiger partial charge in [0.1, 0.15) is 6.54 Å². The Balaban J connectivity index is 0.00000169. The minimum atomic E-state index is 0. The molecule has 0 heterocycles. The molecule has 80 valence electrons. The summed E-state index contributed by atoms with van der Waals surface area (Å²) in [6.07, 6.45) is 0. The predicted molar refractivity (Wildman–Crippen MR) is 57.7 cm³/mol. The summed E-state index contributed by atoms with van der Waals surface area (Å²) in [6, 6.07) is 9.27. The number of aryl methyl sites for hydroxylation is 1. The quantitative estimate of drug-likeness (QED) is 0.407. The lowest BCUT2D eigenvalue weighted by Crippen LogP contribution is -3.00. The molecular weight excluding hydrogens is 261 g/mol. The minimum Gasteiger partial charge on any atom is -1.00 e. The van der Waals surface area contributed by atoms with E-state index in [0.717, 1.165) is 11.0 Å². The van der Waals surface area contributed by atoms with Crippen LogP contribution in [-0.2, 0) is 6.54 Å². The fraction of sp³-hybridized carbons (Fsp3) is 0.455. The first-order valence-corrected chi connectivity index (χ1v) is 5.00. The van der Waals surface area contributed by atoms with Gasteiger partial charge < -0.3 is 21.5 Å². The normalized spacial score (nSPS) is 10.9. The van der Waals surface area contributed by atoms with Gasteiger partial charge in [0.2, 0.25) is 0 Å². The van der Waals surface area contributed by atoms with Crippen LogP contribution in [0, 0.1) is 6.92 Å². The number of rotatable bonds is 3. The van der Waals surface area contributed by atoms with Crippen molar-refractivity contribution < 1.29 is 21.5 Å². The number of halogens is 2. The molecule has 0 N–H and O–H groups in total. The van der Waals surface area contributed by atoms with Gasteiger partial charge in [-0.05, 0) is 6.92 Å². The van der Waals surface area contributed by atoms with Crippen LogP contribution in [0.1, 0.15) is 11.1 Å². The van der Waals surface area contributed by atoms with Crippen LogP contribution in [-0.4, -0.2) is 24.6 Å². The molecule has 0 fully saturated rings. The summed E-state index contributed by atoms with van der Waals surface area (Å²) in [5.74, 6) is 0. The molecule has 1 aromatic rings. The Hall–Kier alpha value is -0.0500. The molecule has 0 aliphatic rings. The molecule has 0 saturated carbocycles. The van der Waals surface area contributed by atoms with Crippen molar-refractivity contribution in [2.75, 3.05) is 20.1 Å². The fourth-order valence-corrected chi connectivity index (χ4v) is 1.31. The molecule has 0 bridgehead atoms. The molecule has 0 amide bonds. The van der Waals surface area contributed by atoms with Crippen LogP contribution in [0.3, 0.4) is 0 Å². The number of nitrogens with zero attached hydrogens (tertiary/aromatic N) is 1. The van der Waals surface area contributed by atoms with E-state index in [2.05, 4.69) is 45.3 Å². The second kappa shape index (κ2) is 5.74. The van der Waals surface area contributed by atoms with Crippen molar-refractivity contribution in [1.82, 2.24) is 0 Å². The Morgan fingerprint density at radius 3 is 2.07 bits per heavy atom. The maximum atomic E-state index is 5.85. The van der Waals surface area contributed by atoms with Crippen molar-refractivity contribution in [1.29, 1.82) is 0 Å². The summed E-state index contributed by atoms with van der Waals surface area (Å²) in [5.41, 5.74) is 2.65. The second-order valence-corrected chi connectivity index (χ2v) is 4.44. The Labute approximate surface area is 102 Å². The van der Waals surface area contributed by atoms with Gasteiger partial charge in [0.25, 0.3) is 0 Å². The first-order valence-electron chi connectivity index (χ1n) is 4.47. The zero-order chi connectivity index (χ0) is 9.90. The maximum Gasteiger partial charge on any atom is 0.154 e. The topological polar surface area (TPSA) is 0 Å². The molecule has 0 saturated heterocycles. The lowest BCUT2D eigenvalue weighted by Gasteiger charge is -2.26. The van der Waals surface area contributed by atoms with Crippen LogP contribution in [0.4, 0.5) is 0 Å². The van der Waals surface area contributed by atoms with Crippen molar-refractivity contribution >= 4 is 11.6 Å². The van der Waals surface area contributed by atoms with Gasteiger partial charge in [-0.3, -0.25) is 0 Å². The number of quaternary nitrogens is 1. The number of alkyl halides is 1. The average Bonchev–Trinajstić information content (AvgIpc) is 2.09. The van der Waals surface area contributed by atoms with Crippen molar-refractivity contribution in [2.24, 2.45) is 0 Å². The lowest BCUT2D eigenvalue weighted by atomic mass is 10.1. The Morgan fingerprint density at radius 1 is 1.14 bits per heavy atom. The van der Waals surface area contributed by atoms with Gasteiger partial charge in [-0.1, -0.05) is 41.4 Å². The van der Waals surface area contributed by atoms with E-state index in [1.807, 2.05) is 0 Å². The highest BCUT2D eigenvalue weighted by atomic mass is 79.9. The van der Waals surface area contributed by atoms with E-state index in [4.69, 9.17) is 11.6 Å². The van der Waals surface area contributed by atoms with Crippen molar-refractivity contribution in [3.63, 3.8) is 0 Å². The predicted octanol–water partition coefficient (Wildman–Crippen LogP) is -0.228. The van der Waals surface area contributed by atoms with E-state index in [9.17, 15) is 0 Å². The second-order valence-electron chi connectivity index (χ2n) is 4.20. The van der Waals surface area contributed by atoms with Crippen LogP contribution in [0.2, 0.25) is 0 Å². The van der Waals surface area contributed by atoms with Gasteiger partial charge in [-0.25, -0.2) is 0 Å². The molecular formula is C11H17BrClN. The minimum absolute atomic E-state index is 0. The van der Waals surface area contributed by atoms with Crippen molar-refractivity contribution in [3.8, 4) is 0 Å². The third-order valence-corrected chi connectivity index (χ3v) is 2.70. The Morgan fingerprint density at radius 2 is 1.64 bits per heavy atom. The molecule has 0 unspecified atom stereocenters. The molecule has 0 spiro atoms. The van der Waals surface area contributed by atoms with E-state index in [0.29, 0.717) is 6.00 Å². The average molecular weight is 279 g/mol. The zero-order valence-corrected chi connectivity index (χ0v) is 11.3. The van der Waals surface area contributed by atoms with Gasteiger partial charge in [0.15, 0.2) is 6.00 Å². The molecule has 0 aromatic heterocycles. The summed E-state index contributed by atoms with van der Waals surface area (Å²) in [5, 5.41) is 0. The van der Waals surface area contributed by atoms with Crippen molar-refractivity contribution in [2.45, 2.75) is 13.5 Å². The monoisotopic (exact) mass is 277 g/mol. The fourth-order valence-electron chi connectivity index (χ4n) is 1.23. The molecule has 1 nitrogen and oxygen atoms in total. The number of hydrogen-bond donors (Lipinski definition) is 0. The van der Waals surface area contributed by atoms with Crippen LogP contribution < -0.4 is 17.0 Å². The van der Waals surface area contributed by atoms with Gasteiger partial charge in [0, 0.05) is 5.56 Å². The highest BCUT2D eigenvalue weighted by Crippen LogP contribution is 2.10. The van der Waals surface area contributed by atoms with Crippen LogP contribution in [0.15, 0.2) is 24.3 Å². The molecule has 14 heavy (non-hydrogen) atoms. The number of hydrogen-bond acceptors (Lipinski definition) is 0. The SMILES string of the molecule is Cc1ccc(C[N+](C)(C)CCl)cc1.[Br-]. The third-order valence-electron chi connectivity index (χ3n) is 2.05. The summed E-state index contributed by atoms with van der Waals surface area (Å²) in [7, 11) is 4.26. The molecule has 3 heteroatoms. The highest BCUT2D eigenvalue weighted by Gasteiger charge is 2.13. The van der Waals surface area contributed by atoms with Gasteiger partial charge in [-0.15, -0.1) is 0 Å². The van der Waals surface area contributed by atoms with Gasteiger partial charge >= 0.3 is 0 Å².